The molecular weight excluding hydrogens is 542 g/mol. The van der Waals surface area contributed by atoms with Gasteiger partial charge >= 0.3 is 0 Å². The van der Waals surface area contributed by atoms with Crippen LogP contribution in [0.3, 0.4) is 0 Å². The molecule has 3 rings (SSSR count). The van der Waals surface area contributed by atoms with Crippen molar-refractivity contribution >= 4 is 27.5 Å². The smallest absolute Gasteiger partial charge is 0.264 e. The zero-order chi connectivity index (χ0) is 30.4. The van der Waals surface area contributed by atoms with E-state index in [-0.39, 0.29) is 23.0 Å². The van der Waals surface area contributed by atoms with E-state index < -0.39 is 34.1 Å². The van der Waals surface area contributed by atoms with E-state index in [0.717, 1.165) is 15.4 Å². The van der Waals surface area contributed by atoms with Crippen LogP contribution in [-0.2, 0) is 26.2 Å². The number of hydrogen-bond donors (Lipinski definition) is 1. The SMILES string of the molecule is COc1ccc(N(CC(=O)N(Cc2cccc(C)c2)C(C)C(=O)NC(C)(C)C)S(=O)(=O)c2ccccc2)cc1OC. The Bertz CT molecular complexity index is 1470. The normalized spacial score (nSPS) is 12.3. The van der Waals surface area contributed by atoms with Crippen LogP contribution in [0.1, 0.15) is 38.8 Å². The van der Waals surface area contributed by atoms with Gasteiger partial charge in [-0.15, -0.1) is 0 Å². The molecule has 3 aromatic rings. The second-order valence-electron chi connectivity index (χ2n) is 10.8. The van der Waals surface area contributed by atoms with Gasteiger partial charge in [-0.25, -0.2) is 8.42 Å². The molecule has 0 aliphatic rings. The monoisotopic (exact) mass is 581 g/mol. The van der Waals surface area contributed by atoms with Gasteiger partial charge in [-0.05, 0) is 64.4 Å². The summed E-state index contributed by atoms with van der Waals surface area (Å²) < 4.78 is 39.6. The number of methoxy groups -OCH3 is 2. The van der Waals surface area contributed by atoms with Crippen LogP contribution < -0.4 is 19.1 Å². The molecule has 0 bridgehead atoms. The predicted octanol–water partition coefficient (Wildman–Crippen LogP) is 4.54. The second-order valence-corrected chi connectivity index (χ2v) is 12.7. The Morgan fingerprint density at radius 1 is 0.902 bits per heavy atom. The molecule has 0 saturated carbocycles. The highest BCUT2D eigenvalue weighted by molar-refractivity contribution is 7.92. The molecule has 1 N–H and O–H groups in total. The molecule has 10 heteroatoms. The van der Waals surface area contributed by atoms with Crippen molar-refractivity contribution in [2.24, 2.45) is 0 Å². The molecule has 9 nitrogen and oxygen atoms in total. The quantitative estimate of drug-likeness (QED) is 0.357. The van der Waals surface area contributed by atoms with Crippen LogP contribution in [0.5, 0.6) is 11.5 Å². The number of nitrogens with zero attached hydrogens (tertiary/aromatic N) is 2. The van der Waals surface area contributed by atoms with E-state index in [1.165, 1.54) is 37.3 Å². The Kier molecular flexibility index (Phi) is 10.0. The first-order chi connectivity index (χ1) is 19.3. The van der Waals surface area contributed by atoms with Crippen LogP contribution in [-0.4, -0.2) is 57.5 Å². The van der Waals surface area contributed by atoms with E-state index in [9.17, 15) is 18.0 Å². The Balaban J connectivity index is 2.09. The zero-order valence-corrected chi connectivity index (χ0v) is 25.5. The molecule has 0 spiro atoms. The number of aryl methyl sites for hydroxylation is 1. The highest BCUT2D eigenvalue weighted by Gasteiger charge is 2.33. The van der Waals surface area contributed by atoms with Gasteiger partial charge in [0.15, 0.2) is 11.5 Å². The van der Waals surface area contributed by atoms with E-state index >= 15 is 0 Å². The number of hydrogen-bond acceptors (Lipinski definition) is 6. The van der Waals surface area contributed by atoms with E-state index in [2.05, 4.69) is 5.32 Å². The van der Waals surface area contributed by atoms with Crippen molar-refractivity contribution < 1.29 is 27.5 Å². The number of carbonyl (C=O) groups excluding carboxylic acids is 2. The second kappa shape index (κ2) is 13.1. The van der Waals surface area contributed by atoms with Gasteiger partial charge < -0.3 is 19.7 Å². The molecule has 0 aliphatic heterocycles. The fourth-order valence-electron chi connectivity index (χ4n) is 4.29. The summed E-state index contributed by atoms with van der Waals surface area (Å²) in [6, 6.07) is 19.3. The largest absolute Gasteiger partial charge is 0.493 e. The summed E-state index contributed by atoms with van der Waals surface area (Å²) in [7, 11) is -1.27. The molecule has 2 amide bonds. The third-order valence-electron chi connectivity index (χ3n) is 6.37. The minimum absolute atomic E-state index is 0.0198. The predicted molar refractivity (Wildman–Crippen MR) is 160 cm³/mol. The molecule has 220 valence electrons. The Labute approximate surface area is 243 Å². The van der Waals surface area contributed by atoms with Crippen molar-refractivity contribution in [2.75, 3.05) is 25.1 Å². The summed E-state index contributed by atoms with van der Waals surface area (Å²) in [6.07, 6.45) is 0. The van der Waals surface area contributed by atoms with Crippen LogP contribution in [0, 0.1) is 6.92 Å². The number of ether oxygens (including phenoxy) is 2. The summed E-state index contributed by atoms with van der Waals surface area (Å²) in [4.78, 5) is 28.7. The number of carbonyl (C=O) groups is 2. The Morgan fingerprint density at radius 3 is 2.15 bits per heavy atom. The molecule has 1 atom stereocenters. The van der Waals surface area contributed by atoms with Crippen LogP contribution in [0.25, 0.3) is 0 Å². The minimum atomic E-state index is -4.19. The van der Waals surface area contributed by atoms with Crippen molar-refractivity contribution in [3.8, 4) is 11.5 Å². The van der Waals surface area contributed by atoms with Crippen LogP contribution in [0.2, 0.25) is 0 Å². The summed E-state index contributed by atoms with van der Waals surface area (Å²) in [5.74, 6) is -0.173. The average molecular weight is 582 g/mol. The van der Waals surface area contributed by atoms with Gasteiger partial charge in [0.05, 0.1) is 24.8 Å². The van der Waals surface area contributed by atoms with Crippen LogP contribution in [0.15, 0.2) is 77.7 Å². The topological polar surface area (TPSA) is 105 Å². The molecule has 0 saturated heterocycles. The molecule has 1 unspecified atom stereocenters. The number of rotatable bonds is 11. The first-order valence-electron chi connectivity index (χ1n) is 13.2. The standard InChI is InChI=1S/C31H39N3O6S/c1-22-12-11-13-24(18-22)20-33(23(2)30(36)32-31(3,4)5)29(35)21-34(41(37,38)26-14-9-8-10-15-26)25-16-17-27(39-6)28(19-25)40-7/h8-19,23H,20-21H2,1-7H3,(H,32,36). The van der Waals surface area contributed by atoms with Gasteiger partial charge in [0.25, 0.3) is 10.0 Å². The summed E-state index contributed by atoms with van der Waals surface area (Å²) >= 11 is 0. The molecule has 0 heterocycles. The number of anilines is 1. The van der Waals surface area contributed by atoms with Crippen molar-refractivity contribution in [1.29, 1.82) is 0 Å². The molecule has 41 heavy (non-hydrogen) atoms. The van der Waals surface area contributed by atoms with E-state index in [1.54, 1.807) is 37.3 Å². The molecule has 0 aromatic heterocycles. The van der Waals surface area contributed by atoms with E-state index in [4.69, 9.17) is 9.47 Å². The van der Waals surface area contributed by atoms with Gasteiger partial charge in [0.2, 0.25) is 11.8 Å². The number of sulfonamides is 1. The lowest BCUT2D eigenvalue weighted by molar-refractivity contribution is -0.140. The first kappa shape index (κ1) is 31.5. The van der Waals surface area contributed by atoms with Gasteiger partial charge in [0.1, 0.15) is 12.6 Å². The number of nitrogens with one attached hydrogen (secondary N) is 1. The zero-order valence-electron chi connectivity index (χ0n) is 24.7. The van der Waals surface area contributed by atoms with Crippen molar-refractivity contribution in [2.45, 2.75) is 57.6 Å². The van der Waals surface area contributed by atoms with Crippen molar-refractivity contribution in [3.05, 3.63) is 83.9 Å². The lowest BCUT2D eigenvalue weighted by Gasteiger charge is -2.33. The minimum Gasteiger partial charge on any atom is -0.493 e. The van der Waals surface area contributed by atoms with Crippen molar-refractivity contribution in [3.63, 3.8) is 0 Å². The third kappa shape index (κ3) is 8.00. The first-order valence-corrected chi connectivity index (χ1v) is 14.7. The van der Waals surface area contributed by atoms with Gasteiger partial charge in [-0.2, -0.15) is 0 Å². The van der Waals surface area contributed by atoms with Crippen LogP contribution in [0.4, 0.5) is 5.69 Å². The number of amides is 2. The maximum absolute atomic E-state index is 14.1. The Hall–Kier alpha value is -4.05. The maximum Gasteiger partial charge on any atom is 0.264 e. The molecule has 3 aromatic carbocycles. The maximum atomic E-state index is 14.1. The van der Waals surface area contributed by atoms with Gasteiger partial charge in [-0.3, -0.25) is 13.9 Å². The molecule has 0 fully saturated rings. The highest BCUT2D eigenvalue weighted by atomic mass is 32.2. The van der Waals surface area contributed by atoms with Gasteiger partial charge in [-0.1, -0.05) is 48.0 Å². The summed E-state index contributed by atoms with van der Waals surface area (Å²) in [6.45, 7) is 8.72. The molecular formula is C31H39N3O6S. The lowest BCUT2D eigenvalue weighted by Crippen LogP contribution is -2.54. The van der Waals surface area contributed by atoms with E-state index in [0.29, 0.717) is 11.5 Å². The molecule has 0 radical (unpaired) electrons. The summed E-state index contributed by atoms with van der Waals surface area (Å²) in [5.41, 5.74) is 1.51. The lowest BCUT2D eigenvalue weighted by atomic mass is 10.1. The fraction of sp³-hybridized carbons (Fsp3) is 0.355. The summed E-state index contributed by atoms with van der Waals surface area (Å²) in [5, 5.41) is 2.93. The van der Waals surface area contributed by atoms with E-state index in [1.807, 2.05) is 52.0 Å². The highest BCUT2D eigenvalue weighted by Crippen LogP contribution is 2.34. The Morgan fingerprint density at radius 2 is 1.56 bits per heavy atom. The molecule has 0 aliphatic carbocycles. The van der Waals surface area contributed by atoms with Crippen molar-refractivity contribution in [1.82, 2.24) is 10.2 Å². The third-order valence-corrected chi connectivity index (χ3v) is 8.15. The van der Waals surface area contributed by atoms with Crippen LogP contribution >= 0.6 is 0 Å². The van der Waals surface area contributed by atoms with Gasteiger partial charge in [0, 0.05) is 18.2 Å². The number of benzene rings is 3. The average Bonchev–Trinajstić information content (AvgIpc) is 2.93. The fourth-order valence-corrected chi connectivity index (χ4v) is 5.72.